The lowest BCUT2D eigenvalue weighted by Gasteiger charge is -2.15. The number of fused-ring (bicyclic) bond motifs is 1. The smallest absolute Gasteiger partial charge is 0.0937 e. The van der Waals surface area contributed by atoms with Crippen LogP contribution in [0.5, 0.6) is 0 Å². The Bertz CT molecular complexity index is 706. The molecule has 0 radical (unpaired) electrons. The molecule has 1 aromatic heterocycles. The molecule has 0 spiro atoms. The number of likely N-dealkylation sites (N-methyl/N-ethyl adjacent to an activating group) is 1. The summed E-state index contributed by atoms with van der Waals surface area (Å²) < 4.78 is 2.35. The third kappa shape index (κ3) is 9.78. The van der Waals surface area contributed by atoms with Crippen LogP contribution in [-0.2, 0) is 6.54 Å². The minimum atomic E-state index is -0.433. The Morgan fingerprint density at radius 3 is 1.84 bits per heavy atom. The quantitative estimate of drug-likeness (QED) is 0.246. The number of aryl methyl sites for hydroxylation is 1. The number of hydrogen-bond donors (Lipinski definition) is 1. The van der Waals surface area contributed by atoms with Gasteiger partial charge in [0.25, 0.3) is 0 Å². The minimum Gasteiger partial charge on any atom is -0.387 e. The standard InChI is InChI=1S/C28H48N2O/c1-4-5-6-7-8-9-10-11-12-13-14-15-16-19-22-30-23-26(28(31)24-29(2)3)25-20-17-18-21-27(25)30/h17-18,20-21,23,28,31H,4-16,19,22,24H2,1-3H3/t28-/m0/s1. The molecular weight excluding hydrogens is 380 g/mol. The van der Waals surface area contributed by atoms with E-state index < -0.39 is 6.10 Å². The first-order chi connectivity index (χ1) is 15.1. The molecule has 3 nitrogen and oxygen atoms in total. The molecule has 1 aromatic carbocycles. The monoisotopic (exact) mass is 428 g/mol. The highest BCUT2D eigenvalue weighted by atomic mass is 16.3. The molecule has 1 atom stereocenters. The van der Waals surface area contributed by atoms with Gasteiger partial charge in [-0.05, 0) is 26.6 Å². The van der Waals surface area contributed by atoms with Gasteiger partial charge in [-0.25, -0.2) is 0 Å². The third-order valence-electron chi connectivity index (χ3n) is 6.47. The van der Waals surface area contributed by atoms with E-state index in [-0.39, 0.29) is 0 Å². The van der Waals surface area contributed by atoms with Crippen molar-refractivity contribution in [1.29, 1.82) is 0 Å². The molecule has 0 amide bonds. The average Bonchev–Trinajstić information content (AvgIpc) is 3.12. The van der Waals surface area contributed by atoms with Gasteiger partial charge in [0.2, 0.25) is 0 Å². The van der Waals surface area contributed by atoms with Crippen molar-refractivity contribution in [3.63, 3.8) is 0 Å². The van der Waals surface area contributed by atoms with Crippen LogP contribution in [-0.4, -0.2) is 35.2 Å². The van der Waals surface area contributed by atoms with Crippen LogP contribution in [0.2, 0.25) is 0 Å². The van der Waals surface area contributed by atoms with Gasteiger partial charge in [-0.3, -0.25) is 0 Å². The predicted octanol–water partition coefficient (Wildman–Crippen LogP) is 7.72. The number of rotatable bonds is 18. The number of unbranched alkanes of at least 4 members (excludes halogenated alkanes) is 13. The molecule has 0 bridgehead atoms. The van der Waals surface area contributed by atoms with Crippen LogP contribution in [0.1, 0.15) is 108 Å². The topological polar surface area (TPSA) is 28.4 Å². The molecule has 0 fully saturated rings. The first kappa shape index (κ1) is 25.9. The van der Waals surface area contributed by atoms with Crippen LogP contribution in [0.25, 0.3) is 10.9 Å². The van der Waals surface area contributed by atoms with Crippen LogP contribution < -0.4 is 0 Å². The molecular formula is C28H48N2O. The summed E-state index contributed by atoms with van der Waals surface area (Å²) in [4.78, 5) is 2.05. The van der Waals surface area contributed by atoms with Gasteiger partial charge in [0.1, 0.15) is 0 Å². The number of benzene rings is 1. The van der Waals surface area contributed by atoms with Crippen LogP contribution in [0.4, 0.5) is 0 Å². The summed E-state index contributed by atoms with van der Waals surface area (Å²) in [6.45, 7) is 4.00. The highest BCUT2D eigenvalue weighted by Crippen LogP contribution is 2.27. The fourth-order valence-electron chi connectivity index (χ4n) is 4.65. The lowest BCUT2D eigenvalue weighted by molar-refractivity contribution is 0.139. The van der Waals surface area contributed by atoms with Gasteiger partial charge in [-0.1, -0.05) is 109 Å². The van der Waals surface area contributed by atoms with Crippen molar-refractivity contribution in [2.45, 2.75) is 109 Å². The maximum atomic E-state index is 10.6. The number of nitrogens with zero attached hydrogens (tertiary/aromatic N) is 2. The predicted molar refractivity (Wildman–Crippen MR) is 136 cm³/mol. The second-order valence-corrected chi connectivity index (χ2v) is 9.67. The number of hydrogen-bond acceptors (Lipinski definition) is 2. The SMILES string of the molecule is CCCCCCCCCCCCCCCCn1cc([C@@H](O)CN(C)C)c2ccccc21. The van der Waals surface area contributed by atoms with E-state index in [4.69, 9.17) is 0 Å². The molecule has 0 saturated heterocycles. The van der Waals surface area contributed by atoms with Gasteiger partial charge in [0.05, 0.1) is 6.10 Å². The van der Waals surface area contributed by atoms with E-state index in [0.29, 0.717) is 6.54 Å². The fraction of sp³-hybridized carbons (Fsp3) is 0.714. The Kier molecular flexibility index (Phi) is 12.9. The second-order valence-electron chi connectivity index (χ2n) is 9.67. The normalized spacial score (nSPS) is 12.8. The van der Waals surface area contributed by atoms with Gasteiger partial charge in [-0.2, -0.15) is 0 Å². The third-order valence-corrected chi connectivity index (χ3v) is 6.47. The van der Waals surface area contributed by atoms with Crippen molar-refractivity contribution in [1.82, 2.24) is 9.47 Å². The summed E-state index contributed by atoms with van der Waals surface area (Å²) in [6, 6.07) is 8.51. The molecule has 3 heteroatoms. The first-order valence-electron chi connectivity index (χ1n) is 13.0. The zero-order chi connectivity index (χ0) is 22.3. The zero-order valence-electron chi connectivity index (χ0n) is 20.6. The fourth-order valence-corrected chi connectivity index (χ4v) is 4.65. The highest BCUT2D eigenvalue weighted by Gasteiger charge is 2.16. The number of aromatic nitrogens is 1. The average molecular weight is 429 g/mol. The molecule has 0 aliphatic carbocycles. The van der Waals surface area contributed by atoms with E-state index >= 15 is 0 Å². The highest BCUT2D eigenvalue weighted by molar-refractivity contribution is 5.84. The van der Waals surface area contributed by atoms with E-state index in [1.807, 2.05) is 19.0 Å². The Balaban J connectivity index is 1.59. The zero-order valence-corrected chi connectivity index (χ0v) is 20.6. The Hall–Kier alpha value is -1.32. The summed E-state index contributed by atoms with van der Waals surface area (Å²) >= 11 is 0. The molecule has 31 heavy (non-hydrogen) atoms. The van der Waals surface area contributed by atoms with E-state index in [0.717, 1.165) is 12.1 Å². The number of para-hydroxylation sites is 1. The molecule has 176 valence electrons. The van der Waals surface area contributed by atoms with Gasteiger partial charge < -0.3 is 14.6 Å². The van der Waals surface area contributed by atoms with Gasteiger partial charge >= 0.3 is 0 Å². The molecule has 0 aliphatic rings. The molecule has 0 aliphatic heterocycles. The van der Waals surface area contributed by atoms with Crippen LogP contribution in [0, 0.1) is 0 Å². The number of aliphatic hydroxyl groups is 1. The van der Waals surface area contributed by atoms with E-state index in [1.54, 1.807) is 0 Å². The summed E-state index contributed by atoms with van der Waals surface area (Å²) in [5.41, 5.74) is 2.32. The maximum Gasteiger partial charge on any atom is 0.0937 e. The molecule has 0 saturated carbocycles. The summed E-state index contributed by atoms with van der Waals surface area (Å²) in [5.74, 6) is 0. The van der Waals surface area contributed by atoms with E-state index in [2.05, 4.69) is 42.0 Å². The van der Waals surface area contributed by atoms with E-state index in [1.165, 1.54) is 101 Å². The summed E-state index contributed by atoms with van der Waals surface area (Å²) in [6.07, 6.45) is 21.3. The number of aliphatic hydroxyl groups excluding tert-OH is 1. The molecule has 2 aromatic rings. The first-order valence-corrected chi connectivity index (χ1v) is 13.0. The van der Waals surface area contributed by atoms with E-state index in [9.17, 15) is 5.11 Å². The van der Waals surface area contributed by atoms with Gasteiger partial charge in [0, 0.05) is 35.8 Å². The lowest BCUT2D eigenvalue weighted by atomic mass is 10.0. The van der Waals surface area contributed by atoms with Crippen molar-refractivity contribution >= 4 is 10.9 Å². The molecule has 1 N–H and O–H groups in total. The van der Waals surface area contributed by atoms with Crippen molar-refractivity contribution < 1.29 is 5.11 Å². The molecule has 1 heterocycles. The van der Waals surface area contributed by atoms with Crippen molar-refractivity contribution in [3.05, 3.63) is 36.0 Å². The maximum absolute atomic E-state index is 10.6. The minimum absolute atomic E-state index is 0.433. The Morgan fingerprint density at radius 2 is 1.29 bits per heavy atom. The van der Waals surface area contributed by atoms with Crippen LogP contribution in [0.15, 0.2) is 30.5 Å². The summed E-state index contributed by atoms with van der Waals surface area (Å²) in [7, 11) is 4.02. The molecule has 0 unspecified atom stereocenters. The lowest BCUT2D eigenvalue weighted by Crippen LogP contribution is -2.19. The van der Waals surface area contributed by atoms with Crippen LogP contribution >= 0.6 is 0 Å². The largest absolute Gasteiger partial charge is 0.387 e. The van der Waals surface area contributed by atoms with Gasteiger partial charge in [-0.15, -0.1) is 0 Å². The van der Waals surface area contributed by atoms with Crippen molar-refractivity contribution in [2.24, 2.45) is 0 Å². The Labute approximate surface area is 191 Å². The van der Waals surface area contributed by atoms with Crippen LogP contribution in [0.3, 0.4) is 0 Å². The van der Waals surface area contributed by atoms with Crippen molar-refractivity contribution in [2.75, 3.05) is 20.6 Å². The Morgan fingerprint density at radius 1 is 0.774 bits per heavy atom. The van der Waals surface area contributed by atoms with Gasteiger partial charge in [0.15, 0.2) is 0 Å². The molecule has 2 rings (SSSR count). The second kappa shape index (κ2) is 15.5. The summed E-state index contributed by atoms with van der Waals surface area (Å²) in [5, 5.41) is 11.8. The van der Waals surface area contributed by atoms with Crippen molar-refractivity contribution in [3.8, 4) is 0 Å².